The van der Waals surface area contributed by atoms with Gasteiger partial charge >= 0.3 is 0 Å². The lowest BCUT2D eigenvalue weighted by Gasteiger charge is -2.10. The highest BCUT2D eigenvalue weighted by Crippen LogP contribution is 2.19. The van der Waals surface area contributed by atoms with Gasteiger partial charge in [0.2, 0.25) is 0 Å². The first kappa shape index (κ1) is 12.4. The van der Waals surface area contributed by atoms with Gasteiger partial charge in [-0.05, 0) is 36.8 Å². The van der Waals surface area contributed by atoms with Gasteiger partial charge in [0.05, 0.1) is 10.6 Å². The molecule has 0 saturated heterocycles. The summed E-state index contributed by atoms with van der Waals surface area (Å²) in [7, 11) is -3.62. The van der Waals surface area contributed by atoms with Crippen molar-refractivity contribution in [1.82, 2.24) is 4.98 Å². The van der Waals surface area contributed by atoms with Gasteiger partial charge in [-0.1, -0.05) is 6.07 Å². The van der Waals surface area contributed by atoms with E-state index in [1.54, 1.807) is 31.3 Å². The Labute approximate surface area is 106 Å². The number of sulfonamides is 1. The number of aromatic nitrogens is 1. The van der Waals surface area contributed by atoms with Crippen LogP contribution in [0.2, 0.25) is 0 Å². The number of anilines is 2. The maximum absolute atomic E-state index is 12.1. The van der Waals surface area contributed by atoms with Crippen LogP contribution in [0.3, 0.4) is 0 Å². The summed E-state index contributed by atoms with van der Waals surface area (Å²) >= 11 is 0. The Kier molecular flexibility index (Phi) is 3.20. The summed E-state index contributed by atoms with van der Waals surface area (Å²) in [5.41, 5.74) is 7.24. The predicted octanol–water partition coefficient (Wildman–Crippen LogP) is 1.77. The Morgan fingerprint density at radius 1 is 1.28 bits per heavy atom. The van der Waals surface area contributed by atoms with Crippen molar-refractivity contribution in [3.63, 3.8) is 0 Å². The van der Waals surface area contributed by atoms with Gasteiger partial charge in [0.25, 0.3) is 10.0 Å². The summed E-state index contributed by atoms with van der Waals surface area (Å²) in [5, 5.41) is 0. The van der Waals surface area contributed by atoms with Gasteiger partial charge in [-0.3, -0.25) is 9.71 Å². The minimum absolute atomic E-state index is 0.138. The molecule has 5 nitrogen and oxygen atoms in total. The standard InChI is InChI=1S/C12H13N3O2S/c1-9-8-14-6-5-12(9)15-18(16,17)11-4-2-3-10(13)7-11/h2-8H,13H2,1H3,(H,14,15). The molecule has 0 saturated carbocycles. The molecule has 0 amide bonds. The van der Waals surface area contributed by atoms with E-state index >= 15 is 0 Å². The van der Waals surface area contributed by atoms with Gasteiger partial charge in [-0.25, -0.2) is 8.42 Å². The number of hydrogen-bond donors (Lipinski definition) is 2. The average Bonchev–Trinajstić information content (AvgIpc) is 2.32. The van der Waals surface area contributed by atoms with Crippen LogP contribution in [-0.4, -0.2) is 13.4 Å². The Morgan fingerprint density at radius 2 is 2.06 bits per heavy atom. The van der Waals surface area contributed by atoms with Gasteiger partial charge < -0.3 is 5.73 Å². The van der Waals surface area contributed by atoms with Crippen LogP contribution >= 0.6 is 0 Å². The fraction of sp³-hybridized carbons (Fsp3) is 0.0833. The molecule has 2 rings (SSSR count). The number of rotatable bonds is 3. The highest BCUT2D eigenvalue weighted by molar-refractivity contribution is 7.92. The van der Waals surface area contributed by atoms with E-state index in [9.17, 15) is 8.42 Å². The number of nitrogens with zero attached hydrogens (tertiary/aromatic N) is 1. The monoisotopic (exact) mass is 263 g/mol. The minimum Gasteiger partial charge on any atom is -0.399 e. The van der Waals surface area contributed by atoms with Crippen molar-refractivity contribution < 1.29 is 8.42 Å². The highest BCUT2D eigenvalue weighted by Gasteiger charge is 2.15. The molecule has 0 atom stereocenters. The Morgan fingerprint density at radius 3 is 2.72 bits per heavy atom. The van der Waals surface area contributed by atoms with Gasteiger partial charge in [-0.2, -0.15) is 0 Å². The Hall–Kier alpha value is -2.08. The van der Waals surface area contributed by atoms with Crippen LogP contribution in [0.4, 0.5) is 11.4 Å². The van der Waals surface area contributed by atoms with E-state index in [-0.39, 0.29) is 4.90 Å². The summed E-state index contributed by atoms with van der Waals surface area (Å²) in [5.74, 6) is 0. The number of nitrogens with two attached hydrogens (primary N) is 1. The zero-order valence-electron chi connectivity index (χ0n) is 9.79. The summed E-state index contributed by atoms with van der Waals surface area (Å²) in [6, 6.07) is 7.76. The molecular formula is C12H13N3O2S. The third kappa shape index (κ3) is 2.60. The topological polar surface area (TPSA) is 85.1 Å². The van der Waals surface area contributed by atoms with Crippen LogP contribution in [0.5, 0.6) is 0 Å². The molecule has 3 N–H and O–H groups in total. The minimum atomic E-state index is -3.62. The molecule has 0 aliphatic heterocycles. The first-order valence-corrected chi connectivity index (χ1v) is 6.76. The third-order valence-electron chi connectivity index (χ3n) is 2.43. The van der Waals surface area contributed by atoms with Crippen molar-refractivity contribution in [2.75, 3.05) is 10.5 Å². The molecule has 0 radical (unpaired) electrons. The smallest absolute Gasteiger partial charge is 0.261 e. The predicted molar refractivity (Wildman–Crippen MR) is 70.6 cm³/mol. The maximum Gasteiger partial charge on any atom is 0.261 e. The average molecular weight is 263 g/mol. The van der Waals surface area contributed by atoms with E-state index in [0.29, 0.717) is 11.4 Å². The fourth-order valence-corrected chi connectivity index (χ4v) is 2.66. The second kappa shape index (κ2) is 4.66. The van der Waals surface area contributed by atoms with E-state index in [0.717, 1.165) is 5.56 Å². The normalized spacial score (nSPS) is 11.2. The van der Waals surface area contributed by atoms with Crippen LogP contribution in [0.25, 0.3) is 0 Å². The zero-order valence-corrected chi connectivity index (χ0v) is 10.6. The van der Waals surface area contributed by atoms with Crippen molar-refractivity contribution in [2.24, 2.45) is 0 Å². The molecule has 0 aliphatic rings. The Bertz CT molecular complexity index is 669. The summed E-state index contributed by atoms with van der Waals surface area (Å²) in [6.45, 7) is 1.78. The molecule has 2 aromatic rings. The van der Waals surface area contributed by atoms with E-state index < -0.39 is 10.0 Å². The molecule has 6 heteroatoms. The van der Waals surface area contributed by atoms with E-state index in [2.05, 4.69) is 9.71 Å². The first-order chi connectivity index (χ1) is 8.49. The number of aryl methyl sites for hydroxylation is 1. The third-order valence-corrected chi connectivity index (χ3v) is 3.80. The molecule has 0 aliphatic carbocycles. The highest BCUT2D eigenvalue weighted by atomic mass is 32.2. The van der Waals surface area contributed by atoms with E-state index in [1.807, 2.05) is 0 Å². The lowest BCUT2D eigenvalue weighted by atomic mass is 10.3. The second-order valence-corrected chi connectivity index (χ2v) is 5.55. The molecular weight excluding hydrogens is 250 g/mol. The number of nitrogens with one attached hydrogen (secondary N) is 1. The van der Waals surface area contributed by atoms with Gasteiger partial charge in [0.15, 0.2) is 0 Å². The largest absolute Gasteiger partial charge is 0.399 e. The van der Waals surface area contributed by atoms with Crippen LogP contribution in [0.1, 0.15) is 5.56 Å². The van der Waals surface area contributed by atoms with E-state index in [4.69, 9.17) is 5.73 Å². The van der Waals surface area contributed by atoms with Crippen LogP contribution in [-0.2, 0) is 10.0 Å². The van der Waals surface area contributed by atoms with Crippen molar-refractivity contribution in [3.8, 4) is 0 Å². The fourth-order valence-electron chi connectivity index (χ4n) is 1.47. The van der Waals surface area contributed by atoms with Gasteiger partial charge in [-0.15, -0.1) is 0 Å². The van der Waals surface area contributed by atoms with Crippen molar-refractivity contribution in [3.05, 3.63) is 48.3 Å². The quantitative estimate of drug-likeness (QED) is 0.826. The van der Waals surface area contributed by atoms with Crippen LogP contribution < -0.4 is 10.5 Å². The summed E-state index contributed by atoms with van der Waals surface area (Å²) in [6.07, 6.45) is 3.13. The molecule has 94 valence electrons. The number of hydrogen-bond acceptors (Lipinski definition) is 4. The van der Waals surface area contributed by atoms with Crippen molar-refractivity contribution >= 4 is 21.4 Å². The molecule has 0 unspecified atom stereocenters. The first-order valence-electron chi connectivity index (χ1n) is 5.28. The van der Waals surface area contributed by atoms with Crippen LogP contribution in [0, 0.1) is 6.92 Å². The van der Waals surface area contributed by atoms with Crippen LogP contribution in [0.15, 0.2) is 47.6 Å². The number of pyridine rings is 1. The van der Waals surface area contributed by atoms with Gasteiger partial charge in [0, 0.05) is 18.1 Å². The number of benzene rings is 1. The molecule has 18 heavy (non-hydrogen) atoms. The molecule has 1 heterocycles. The van der Waals surface area contributed by atoms with Crippen molar-refractivity contribution in [2.45, 2.75) is 11.8 Å². The van der Waals surface area contributed by atoms with Crippen molar-refractivity contribution in [1.29, 1.82) is 0 Å². The molecule has 1 aromatic heterocycles. The molecule has 0 fully saturated rings. The maximum atomic E-state index is 12.1. The second-order valence-electron chi connectivity index (χ2n) is 3.87. The molecule has 0 spiro atoms. The Balaban J connectivity index is 2.37. The molecule has 0 bridgehead atoms. The van der Waals surface area contributed by atoms with Gasteiger partial charge in [0.1, 0.15) is 0 Å². The molecule has 1 aromatic carbocycles. The number of nitrogen functional groups attached to an aromatic ring is 1. The lowest BCUT2D eigenvalue weighted by Crippen LogP contribution is -2.14. The SMILES string of the molecule is Cc1cnccc1NS(=O)(=O)c1cccc(N)c1. The van der Waals surface area contributed by atoms with E-state index in [1.165, 1.54) is 18.3 Å². The lowest BCUT2D eigenvalue weighted by molar-refractivity contribution is 0.601. The zero-order chi connectivity index (χ0) is 13.2. The summed E-state index contributed by atoms with van der Waals surface area (Å²) < 4.78 is 26.7. The summed E-state index contributed by atoms with van der Waals surface area (Å²) in [4.78, 5) is 4.04.